The van der Waals surface area contributed by atoms with Gasteiger partial charge in [0, 0.05) is 165 Å². The number of hydrogen-bond donors (Lipinski definition) is 6. The number of piperidine rings is 4. The molecule has 0 aliphatic carbocycles. The summed E-state index contributed by atoms with van der Waals surface area (Å²) in [7, 11) is 12.3. The molecule has 600 valence electrons. The van der Waals surface area contributed by atoms with Crippen LogP contribution in [0.2, 0.25) is 0 Å². The third-order valence-corrected chi connectivity index (χ3v) is 23.4. The second kappa shape index (κ2) is 43.3. The molecule has 7 heterocycles. The first-order chi connectivity index (χ1) is 55.5. The lowest BCUT2D eigenvalue weighted by Crippen LogP contribution is -2.30. The van der Waals surface area contributed by atoms with E-state index >= 15 is 0 Å². The molecule has 4 saturated heterocycles. The van der Waals surface area contributed by atoms with Crippen molar-refractivity contribution in [3.8, 4) is 0 Å². The lowest BCUT2D eigenvalue weighted by Gasteiger charge is -2.27. The number of halogens is 2. The minimum atomic E-state index is -1.46. The summed E-state index contributed by atoms with van der Waals surface area (Å²) < 4.78 is 2.27. The second-order valence-electron chi connectivity index (χ2n) is 29.5. The molecule has 14 rings (SSSR count). The van der Waals surface area contributed by atoms with E-state index in [-0.39, 0.29) is 37.5 Å². The van der Waals surface area contributed by atoms with Crippen LogP contribution in [0.25, 0.3) is 52.8 Å². The quantitative estimate of drug-likeness (QED) is 0.0464. The number of carboxylic acids is 1. The summed E-state index contributed by atoms with van der Waals surface area (Å²) in [6.07, 6.45) is 13.7. The Morgan fingerprint density at radius 2 is 0.617 bits per heavy atom. The maximum atomic E-state index is 12.6. The molecular formula is C92H105BBr2N10O10. The van der Waals surface area contributed by atoms with Crippen molar-refractivity contribution in [1.29, 1.82) is 0 Å². The largest absolute Gasteiger partial charge is 0.490 e. The van der Waals surface area contributed by atoms with Gasteiger partial charge < -0.3 is 64.8 Å². The molecule has 23 heteroatoms. The third-order valence-electron chi connectivity index (χ3n) is 21.4. The SMILES string of the molecule is CN1CCC(=C(Br)c2ccc(C(=O)N(C)CCO)cc2)CC1.CN1CCC(=C(Br)c2ccc(C(=O)O)cc2)CC1.CN1CCC(=C(c2ccc(C(=O)N(C)CCO)cc2)c2cccc3cccnc23)CC1.CN1CCC(=C(c2ccc(C(=O)N(C)CCO)cc2)c2cccc3cccnc23)CC1.OB(O)c1cccc2cccnc12. The van der Waals surface area contributed by atoms with Crippen molar-refractivity contribution in [3.05, 3.63) is 285 Å². The molecule has 4 aliphatic heterocycles. The topological polar surface area (TPSA) is 251 Å². The Morgan fingerprint density at radius 1 is 0.357 bits per heavy atom. The number of rotatable bonds is 17. The number of carboxylic acid groups (broad SMARTS) is 1. The predicted octanol–water partition coefficient (Wildman–Crippen LogP) is 13.4. The number of amides is 3. The number of aliphatic hydroxyl groups excluding tert-OH is 3. The van der Waals surface area contributed by atoms with Gasteiger partial charge in [-0.2, -0.15) is 0 Å². The van der Waals surface area contributed by atoms with Gasteiger partial charge >= 0.3 is 13.1 Å². The van der Waals surface area contributed by atoms with E-state index in [0.717, 1.165) is 173 Å². The zero-order chi connectivity index (χ0) is 82.1. The normalized spacial score (nSPS) is 14.7. The fourth-order valence-electron chi connectivity index (χ4n) is 14.4. The third kappa shape index (κ3) is 23.8. The first-order valence-electron chi connectivity index (χ1n) is 39.1. The van der Waals surface area contributed by atoms with E-state index in [9.17, 15) is 19.2 Å². The van der Waals surface area contributed by atoms with Crippen molar-refractivity contribution < 1.29 is 49.7 Å². The van der Waals surface area contributed by atoms with Gasteiger partial charge in [-0.05, 0) is 185 Å². The fraction of sp³-hybridized carbons (Fsp3) is 0.315. The average molecular weight is 1680 g/mol. The van der Waals surface area contributed by atoms with E-state index < -0.39 is 13.1 Å². The van der Waals surface area contributed by atoms with Crippen LogP contribution >= 0.6 is 31.9 Å². The summed E-state index contributed by atoms with van der Waals surface area (Å²) in [5.74, 6) is -1.12. The van der Waals surface area contributed by atoms with E-state index in [4.69, 9.17) is 40.4 Å². The Bertz CT molecular complexity index is 4870. The van der Waals surface area contributed by atoms with Gasteiger partial charge in [-0.15, -0.1) is 0 Å². The Labute approximate surface area is 692 Å². The van der Waals surface area contributed by atoms with Gasteiger partial charge in [-0.25, -0.2) is 4.79 Å². The highest BCUT2D eigenvalue weighted by Crippen LogP contribution is 2.39. The van der Waals surface area contributed by atoms with Crippen LogP contribution in [-0.2, 0) is 0 Å². The van der Waals surface area contributed by atoms with Crippen LogP contribution in [0.4, 0.5) is 0 Å². The lowest BCUT2D eigenvalue weighted by atomic mass is 9.79. The van der Waals surface area contributed by atoms with Crippen molar-refractivity contribution in [2.45, 2.75) is 51.4 Å². The van der Waals surface area contributed by atoms with Gasteiger partial charge in [0.25, 0.3) is 17.7 Å². The van der Waals surface area contributed by atoms with Crippen molar-refractivity contribution in [3.63, 3.8) is 0 Å². The van der Waals surface area contributed by atoms with Crippen LogP contribution in [0.3, 0.4) is 0 Å². The molecule has 20 nitrogen and oxygen atoms in total. The highest BCUT2D eigenvalue weighted by molar-refractivity contribution is 9.15. The van der Waals surface area contributed by atoms with Crippen LogP contribution in [0, 0.1) is 0 Å². The smallest absolute Gasteiger partial charge is 0.478 e. The molecule has 4 fully saturated rings. The molecule has 0 spiro atoms. The van der Waals surface area contributed by atoms with Crippen molar-refractivity contribution in [1.82, 2.24) is 49.3 Å². The molecule has 0 saturated carbocycles. The fourth-order valence-corrected chi connectivity index (χ4v) is 15.8. The Hall–Kier alpha value is -9.73. The molecular weight excluding hydrogens is 1580 g/mol. The summed E-state index contributed by atoms with van der Waals surface area (Å²) >= 11 is 7.36. The summed E-state index contributed by atoms with van der Waals surface area (Å²) in [6.45, 7) is 9.40. The van der Waals surface area contributed by atoms with E-state index in [1.54, 1.807) is 61.4 Å². The van der Waals surface area contributed by atoms with Gasteiger partial charge in [0.15, 0.2) is 0 Å². The van der Waals surface area contributed by atoms with Crippen molar-refractivity contribution in [2.24, 2.45) is 0 Å². The summed E-state index contributed by atoms with van der Waals surface area (Å²) in [5.41, 5.74) is 20.2. The molecule has 4 aliphatic rings. The van der Waals surface area contributed by atoms with Gasteiger partial charge in [-0.1, -0.05) is 175 Å². The Balaban J connectivity index is 0.000000157. The average Bonchev–Trinajstić information content (AvgIpc) is 0.782. The van der Waals surface area contributed by atoms with Crippen molar-refractivity contribution >= 4 is 121 Å². The van der Waals surface area contributed by atoms with Crippen LogP contribution in [0.1, 0.15) is 126 Å². The number of hydrogen-bond acceptors (Lipinski definition) is 16. The number of carbonyl (C=O) groups excluding carboxylic acids is 3. The van der Waals surface area contributed by atoms with E-state index in [1.165, 1.54) is 38.3 Å². The summed E-state index contributed by atoms with van der Waals surface area (Å²) in [5, 5.41) is 57.2. The lowest BCUT2D eigenvalue weighted by molar-refractivity contribution is 0.0694. The minimum Gasteiger partial charge on any atom is -0.478 e. The molecule has 3 amide bonds. The number of likely N-dealkylation sites (N-methyl/N-ethyl adjacent to an activating group) is 3. The van der Waals surface area contributed by atoms with Gasteiger partial charge in [-0.3, -0.25) is 29.3 Å². The van der Waals surface area contributed by atoms with E-state index in [2.05, 4.69) is 133 Å². The number of pyridine rings is 3. The maximum Gasteiger partial charge on any atom is 0.490 e. The van der Waals surface area contributed by atoms with E-state index in [0.29, 0.717) is 52.9 Å². The van der Waals surface area contributed by atoms with Crippen LogP contribution in [0.5, 0.6) is 0 Å². The van der Waals surface area contributed by atoms with Crippen LogP contribution in [-0.4, -0.2) is 252 Å². The van der Waals surface area contributed by atoms with Crippen molar-refractivity contribution in [2.75, 3.05) is 141 Å². The zero-order valence-corrected chi connectivity index (χ0v) is 70.0. The first-order valence-corrected chi connectivity index (χ1v) is 40.7. The van der Waals surface area contributed by atoms with Gasteiger partial charge in [0.2, 0.25) is 0 Å². The highest BCUT2D eigenvalue weighted by Gasteiger charge is 2.25. The zero-order valence-electron chi connectivity index (χ0n) is 66.8. The predicted molar refractivity (Wildman–Crippen MR) is 471 cm³/mol. The standard InChI is InChI=1S/2C26H29N3O2.C17H23BrN2O2.C14H16BrNO2.C9H8BNO2/c2*1-28-15-12-20(13-16-28)24(23-7-3-5-21-6-4-14-27-25(21)23)19-8-10-22(11-9-19)26(31)29(2)17-18-30;1-19-9-7-14(8-10-19)16(18)13-3-5-15(6-4-13)17(22)20(2)11-12-21;1-16-8-6-11(7-9-16)13(15)10-2-4-12(5-3-10)14(17)18;12-10(13)8-5-1-3-7-4-2-6-11-9(7)8/h2*3-11,14,30H,12-13,15-18H2,1-2H3;3-6,21H,7-12H2,1-2H3;2-5H,6-9H2,1H3,(H,17,18);1-6,12-13H. The second-order valence-corrected chi connectivity index (χ2v) is 31.1. The molecule has 0 atom stereocenters. The molecule has 0 unspecified atom stereocenters. The molecule has 0 radical (unpaired) electrons. The molecule has 3 aromatic heterocycles. The number of benzene rings is 7. The van der Waals surface area contributed by atoms with Gasteiger partial charge in [0.05, 0.1) is 41.9 Å². The molecule has 0 bridgehead atoms. The highest BCUT2D eigenvalue weighted by atomic mass is 79.9. The van der Waals surface area contributed by atoms with Crippen LogP contribution < -0.4 is 5.46 Å². The minimum absolute atomic E-state index is 0.0214. The number of fused-ring (bicyclic) bond motifs is 3. The van der Waals surface area contributed by atoms with E-state index in [1.807, 2.05) is 128 Å². The first kappa shape index (κ1) is 87.7. The number of aliphatic hydroxyl groups is 3. The summed E-state index contributed by atoms with van der Waals surface area (Å²) in [6, 6.07) is 60.3. The maximum absolute atomic E-state index is 12.6. The Kier molecular flexibility index (Phi) is 33.0. The monoisotopic (exact) mass is 1680 g/mol. The van der Waals surface area contributed by atoms with Gasteiger partial charge in [0.1, 0.15) is 0 Å². The number of aromatic nitrogens is 3. The molecule has 10 aromatic rings. The number of nitrogens with zero attached hydrogens (tertiary/aromatic N) is 10. The molecule has 7 aromatic carbocycles. The number of para-hydroxylation sites is 3. The van der Waals surface area contributed by atoms with Crippen LogP contribution in [0.15, 0.2) is 229 Å². The number of likely N-dealkylation sites (tertiary alicyclic amines) is 4. The number of carbonyl (C=O) groups is 4. The Morgan fingerprint density at radius 3 is 0.922 bits per heavy atom. The molecule has 115 heavy (non-hydrogen) atoms. The molecule has 6 N–H and O–H groups in total. The number of aromatic carboxylic acids is 1. The summed E-state index contributed by atoms with van der Waals surface area (Å²) in [4.78, 5) is 75.6.